The number of para-hydroxylation sites is 1. The van der Waals surface area contributed by atoms with Crippen LogP contribution in [0.25, 0.3) is 0 Å². The van der Waals surface area contributed by atoms with E-state index in [1.807, 2.05) is 30.3 Å². The number of carbonyl (C=O) groups excluding carboxylic acids is 1. The first-order valence-electron chi connectivity index (χ1n) is 7.25. The molecule has 2 amide bonds. The highest BCUT2D eigenvalue weighted by atomic mass is 16.2. The van der Waals surface area contributed by atoms with Crippen molar-refractivity contribution in [2.75, 3.05) is 51.6 Å². The lowest BCUT2D eigenvalue weighted by atomic mass is 10.3. The highest BCUT2D eigenvalue weighted by molar-refractivity contribution is 5.89. The van der Waals surface area contributed by atoms with E-state index in [2.05, 4.69) is 27.5 Å². The number of benzene rings is 1. The lowest BCUT2D eigenvalue weighted by Gasteiger charge is -2.32. The largest absolute Gasteiger partial charge is 0.338 e. The van der Waals surface area contributed by atoms with Gasteiger partial charge in [-0.05, 0) is 32.1 Å². The van der Waals surface area contributed by atoms with E-state index in [1.54, 1.807) is 0 Å². The summed E-state index contributed by atoms with van der Waals surface area (Å²) in [4.78, 5) is 16.5. The van der Waals surface area contributed by atoms with Gasteiger partial charge in [0.25, 0.3) is 0 Å². The fourth-order valence-electron chi connectivity index (χ4n) is 2.27. The van der Waals surface area contributed by atoms with Gasteiger partial charge in [0.15, 0.2) is 0 Å². The van der Waals surface area contributed by atoms with E-state index in [0.29, 0.717) is 6.54 Å². The molecule has 1 saturated heterocycles. The molecule has 0 aliphatic carbocycles. The van der Waals surface area contributed by atoms with Gasteiger partial charge in [-0.15, -0.1) is 0 Å². The van der Waals surface area contributed by atoms with E-state index in [9.17, 15) is 4.79 Å². The van der Waals surface area contributed by atoms with Crippen LogP contribution in [0.3, 0.4) is 0 Å². The molecule has 1 aromatic carbocycles. The Hall–Kier alpha value is -1.59. The van der Waals surface area contributed by atoms with Gasteiger partial charge in [0.1, 0.15) is 0 Å². The molecule has 1 aliphatic rings. The van der Waals surface area contributed by atoms with Gasteiger partial charge in [-0.2, -0.15) is 0 Å². The van der Waals surface area contributed by atoms with Crippen LogP contribution in [0.5, 0.6) is 0 Å². The van der Waals surface area contributed by atoms with Crippen molar-refractivity contribution in [3.63, 3.8) is 0 Å². The maximum atomic E-state index is 11.7. The van der Waals surface area contributed by atoms with Crippen LogP contribution in [0.2, 0.25) is 0 Å². The van der Waals surface area contributed by atoms with Gasteiger partial charge in [-0.3, -0.25) is 0 Å². The maximum absolute atomic E-state index is 11.7. The van der Waals surface area contributed by atoms with Crippen molar-refractivity contribution in [1.82, 2.24) is 15.1 Å². The number of rotatable bonds is 5. The van der Waals surface area contributed by atoms with Gasteiger partial charge in [0.05, 0.1) is 0 Å². The van der Waals surface area contributed by atoms with E-state index in [-0.39, 0.29) is 6.03 Å². The van der Waals surface area contributed by atoms with Crippen molar-refractivity contribution in [3.05, 3.63) is 30.3 Å². The van der Waals surface area contributed by atoms with E-state index in [4.69, 9.17) is 0 Å². The Kier molecular flexibility index (Phi) is 5.83. The molecule has 20 heavy (non-hydrogen) atoms. The third-order valence-corrected chi connectivity index (χ3v) is 3.56. The molecule has 5 heteroatoms. The second-order valence-electron chi connectivity index (χ2n) is 5.25. The number of amides is 2. The third-order valence-electron chi connectivity index (χ3n) is 3.56. The molecule has 110 valence electrons. The fraction of sp³-hybridized carbons (Fsp3) is 0.533. The number of nitrogens with one attached hydrogen (secondary N) is 2. The monoisotopic (exact) mass is 276 g/mol. The zero-order chi connectivity index (χ0) is 14.2. The molecule has 0 atom stereocenters. The summed E-state index contributed by atoms with van der Waals surface area (Å²) < 4.78 is 0. The summed E-state index contributed by atoms with van der Waals surface area (Å²) in [7, 11) is 2.16. The molecule has 1 aliphatic heterocycles. The van der Waals surface area contributed by atoms with Crippen molar-refractivity contribution >= 4 is 11.7 Å². The topological polar surface area (TPSA) is 47.6 Å². The van der Waals surface area contributed by atoms with E-state index in [0.717, 1.165) is 44.8 Å². The molecular weight excluding hydrogens is 252 g/mol. The molecule has 0 aromatic heterocycles. The van der Waals surface area contributed by atoms with Crippen LogP contribution in [-0.4, -0.2) is 62.1 Å². The molecule has 2 N–H and O–H groups in total. The Morgan fingerprint density at radius 2 is 1.85 bits per heavy atom. The number of hydrogen-bond acceptors (Lipinski definition) is 3. The third kappa shape index (κ3) is 5.19. The minimum absolute atomic E-state index is 0.130. The first-order valence-corrected chi connectivity index (χ1v) is 7.25. The summed E-state index contributed by atoms with van der Waals surface area (Å²) in [6.45, 7) is 6.31. The first kappa shape index (κ1) is 14.8. The molecule has 2 rings (SSSR count). The number of anilines is 1. The average molecular weight is 276 g/mol. The lowest BCUT2D eigenvalue weighted by molar-refractivity contribution is 0.153. The highest BCUT2D eigenvalue weighted by Crippen LogP contribution is 2.04. The van der Waals surface area contributed by atoms with Crippen molar-refractivity contribution < 1.29 is 4.79 Å². The van der Waals surface area contributed by atoms with Crippen LogP contribution in [0, 0.1) is 0 Å². The summed E-state index contributed by atoms with van der Waals surface area (Å²) in [5, 5.41) is 5.71. The summed E-state index contributed by atoms with van der Waals surface area (Å²) in [5.41, 5.74) is 0.823. The Morgan fingerprint density at radius 3 is 2.55 bits per heavy atom. The van der Waals surface area contributed by atoms with E-state index < -0.39 is 0 Å². The Labute approximate surface area is 120 Å². The number of carbonyl (C=O) groups is 1. The van der Waals surface area contributed by atoms with Crippen molar-refractivity contribution in [3.8, 4) is 0 Å². The van der Waals surface area contributed by atoms with Gasteiger partial charge in [0.2, 0.25) is 0 Å². The van der Waals surface area contributed by atoms with Gasteiger partial charge in [-0.1, -0.05) is 18.2 Å². The van der Waals surface area contributed by atoms with Crippen LogP contribution in [-0.2, 0) is 0 Å². The zero-order valence-electron chi connectivity index (χ0n) is 12.1. The van der Waals surface area contributed by atoms with Gasteiger partial charge in [0, 0.05) is 38.4 Å². The Morgan fingerprint density at radius 1 is 1.15 bits per heavy atom. The van der Waals surface area contributed by atoms with Crippen molar-refractivity contribution in [2.24, 2.45) is 0 Å². The molecular formula is C15H24N4O. The molecule has 0 saturated carbocycles. The molecule has 0 spiro atoms. The molecule has 0 bridgehead atoms. The van der Waals surface area contributed by atoms with Crippen LogP contribution in [0.1, 0.15) is 6.42 Å². The second kappa shape index (κ2) is 7.87. The predicted molar refractivity (Wildman–Crippen MR) is 82.0 cm³/mol. The zero-order valence-corrected chi connectivity index (χ0v) is 12.1. The minimum atomic E-state index is -0.130. The highest BCUT2D eigenvalue weighted by Gasteiger charge is 2.12. The molecule has 0 unspecified atom stereocenters. The Balaban J connectivity index is 1.56. The van der Waals surface area contributed by atoms with Crippen molar-refractivity contribution in [2.45, 2.75) is 6.42 Å². The summed E-state index contributed by atoms with van der Waals surface area (Å²) in [5.74, 6) is 0. The number of hydrogen-bond donors (Lipinski definition) is 2. The van der Waals surface area contributed by atoms with E-state index >= 15 is 0 Å². The smallest absolute Gasteiger partial charge is 0.319 e. The minimum Gasteiger partial charge on any atom is -0.338 e. The van der Waals surface area contributed by atoms with Crippen LogP contribution >= 0.6 is 0 Å². The number of likely N-dealkylation sites (N-methyl/N-ethyl adjacent to an activating group) is 1. The quantitative estimate of drug-likeness (QED) is 0.800. The fourth-order valence-corrected chi connectivity index (χ4v) is 2.27. The molecule has 1 aromatic rings. The SMILES string of the molecule is CN1CCN(CCCNC(=O)Nc2ccccc2)CC1. The van der Waals surface area contributed by atoms with Gasteiger partial charge >= 0.3 is 6.03 Å². The standard InChI is InChI=1S/C15H24N4O/c1-18-10-12-19(13-11-18)9-5-8-16-15(20)17-14-6-3-2-4-7-14/h2-4,6-7H,5,8-13H2,1H3,(H2,16,17,20). The summed E-state index contributed by atoms with van der Waals surface area (Å²) >= 11 is 0. The normalized spacial score (nSPS) is 16.9. The lowest BCUT2D eigenvalue weighted by Crippen LogP contribution is -2.45. The van der Waals surface area contributed by atoms with Gasteiger partial charge < -0.3 is 20.4 Å². The van der Waals surface area contributed by atoms with E-state index in [1.165, 1.54) is 0 Å². The molecule has 1 heterocycles. The summed E-state index contributed by atoms with van der Waals surface area (Å²) in [6, 6.07) is 9.37. The number of urea groups is 1. The maximum Gasteiger partial charge on any atom is 0.319 e. The van der Waals surface area contributed by atoms with Crippen LogP contribution < -0.4 is 10.6 Å². The molecule has 0 radical (unpaired) electrons. The predicted octanol–water partition coefficient (Wildman–Crippen LogP) is 1.45. The van der Waals surface area contributed by atoms with Crippen LogP contribution in [0.15, 0.2) is 30.3 Å². The molecule has 5 nitrogen and oxygen atoms in total. The molecule has 1 fully saturated rings. The number of piperazine rings is 1. The number of nitrogens with zero attached hydrogens (tertiary/aromatic N) is 2. The average Bonchev–Trinajstić information content (AvgIpc) is 2.46. The van der Waals surface area contributed by atoms with Crippen LogP contribution in [0.4, 0.5) is 10.5 Å². The Bertz CT molecular complexity index is 402. The van der Waals surface area contributed by atoms with Crippen molar-refractivity contribution in [1.29, 1.82) is 0 Å². The second-order valence-corrected chi connectivity index (χ2v) is 5.25. The summed E-state index contributed by atoms with van der Waals surface area (Å²) in [6.07, 6.45) is 0.992. The van der Waals surface area contributed by atoms with Gasteiger partial charge in [-0.25, -0.2) is 4.79 Å². The first-order chi connectivity index (χ1) is 9.74.